The van der Waals surface area contributed by atoms with E-state index in [2.05, 4.69) is 10.6 Å². The fourth-order valence-corrected chi connectivity index (χ4v) is 3.64. The standard InChI is InChI=1S/C18H17FN2O2S/c1-11(12-6-8-13(19)9-7-12)20-17(22)10-16-18(23)21-14-4-2-3-5-15(14)24-16/h2-9,11,16H,10H2,1H3,(H,20,22)(H,21,23)/t11-,16+/m1/s1. The lowest BCUT2D eigenvalue weighted by molar-refractivity contribution is -0.124. The summed E-state index contributed by atoms with van der Waals surface area (Å²) in [5.74, 6) is -0.687. The number of carbonyl (C=O) groups is 2. The molecular formula is C18H17FN2O2S. The minimum absolute atomic E-state index is 0.0936. The molecule has 1 heterocycles. The smallest absolute Gasteiger partial charge is 0.238 e. The quantitative estimate of drug-likeness (QED) is 0.892. The fourth-order valence-electron chi connectivity index (χ4n) is 2.53. The monoisotopic (exact) mass is 344 g/mol. The molecule has 0 radical (unpaired) electrons. The summed E-state index contributed by atoms with van der Waals surface area (Å²) in [4.78, 5) is 25.3. The van der Waals surface area contributed by atoms with Gasteiger partial charge in [-0.25, -0.2) is 4.39 Å². The SMILES string of the molecule is C[C@@H](NC(=O)C[C@@H]1Sc2ccccc2NC1=O)c1ccc(F)cc1. The van der Waals surface area contributed by atoms with E-state index in [0.29, 0.717) is 0 Å². The van der Waals surface area contributed by atoms with E-state index in [9.17, 15) is 14.0 Å². The van der Waals surface area contributed by atoms with Crippen LogP contribution in [0.2, 0.25) is 0 Å². The van der Waals surface area contributed by atoms with Crippen LogP contribution in [-0.2, 0) is 9.59 Å². The number of hydrogen-bond donors (Lipinski definition) is 2. The summed E-state index contributed by atoms with van der Waals surface area (Å²) in [7, 11) is 0. The van der Waals surface area contributed by atoms with Crippen molar-refractivity contribution < 1.29 is 14.0 Å². The van der Waals surface area contributed by atoms with Crippen molar-refractivity contribution >= 4 is 29.3 Å². The third-order valence-corrected chi connectivity index (χ3v) is 5.10. The minimum atomic E-state index is -0.458. The summed E-state index contributed by atoms with van der Waals surface area (Å²) < 4.78 is 13.0. The Morgan fingerprint density at radius 3 is 2.71 bits per heavy atom. The van der Waals surface area contributed by atoms with Gasteiger partial charge in [0.25, 0.3) is 0 Å². The Bertz CT molecular complexity index is 764. The molecule has 0 bridgehead atoms. The molecule has 2 aromatic carbocycles. The predicted octanol–water partition coefficient (Wildman–Crippen LogP) is 3.51. The largest absolute Gasteiger partial charge is 0.350 e. The van der Waals surface area contributed by atoms with Crippen molar-refractivity contribution in [1.82, 2.24) is 5.32 Å². The van der Waals surface area contributed by atoms with Crippen LogP contribution < -0.4 is 10.6 Å². The van der Waals surface area contributed by atoms with E-state index in [0.717, 1.165) is 16.1 Å². The molecule has 0 saturated carbocycles. The van der Waals surface area contributed by atoms with Crippen LogP contribution in [0, 0.1) is 5.82 Å². The summed E-state index contributed by atoms with van der Waals surface area (Å²) in [5, 5.41) is 5.22. The number of amides is 2. The Balaban J connectivity index is 1.61. The van der Waals surface area contributed by atoms with Crippen molar-refractivity contribution in [2.24, 2.45) is 0 Å². The van der Waals surface area contributed by atoms with E-state index in [1.807, 2.05) is 31.2 Å². The number of rotatable bonds is 4. The van der Waals surface area contributed by atoms with Crippen LogP contribution in [0.5, 0.6) is 0 Å². The zero-order chi connectivity index (χ0) is 17.1. The van der Waals surface area contributed by atoms with Gasteiger partial charge in [0, 0.05) is 11.3 Å². The molecular weight excluding hydrogens is 327 g/mol. The van der Waals surface area contributed by atoms with Crippen LogP contribution in [-0.4, -0.2) is 17.1 Å². The van der Waals surface area contributed by atoms with Gasteiger partial charge < -0.3 is 10.6 Å². The first-order valence-corrected chi connectivity index (χ1v) is 8.52. The molecule has 1 aliphatic heterocycles. The zero-order valence-corrected chi connectivity index (χ0v) is 13.9. The van der Waals surface area contributed by atoms with Gasteiger partial charge in [0.1, 0.15) is 5.82 Å². The molecule has 24 heavy (non-hydrogen) atoms. The molecule has 1 aliphatic rings. The van der Waals surface area contributed by atoms with Gasteiger partial charge in [-0.15, -0.1) is 11.8 Å². The van der Waals surface area contributed by atoms with Crippen LogP contribution in [0.25, 0.3) is 0 Å². The Labute approximate surface area is 143 Å². The maximum Gasteiger partial charge on any atom is 0.238 e. The molecule has 0 saturated heterocycles. The molecule has 0 fully saturated rings. The van der Waals surface area contributed by atoms with E-state index in [-0.39, 0.29) is 30.1 Å². The second-order valence-corrected chi connectivity index (χ2v) is 6.88. The molecule has 124 valence electrons. The molecule has 6 heteroatoms. The number of hydrogen-bond acceptors (Lipinski definition) is 3. The molecule has 2 aromatic rings. The second kappa shape index (κ2) is 7.05. The fraction of sp³-hybridized carbons (Fsp3) is 0.222. The average molecular weight is 344 g/mol. The van der Waals surface area contributed by atoms with E-state index < -0.39 is 5.25 Å². The topological polar surface area (TPSA) is 58.2 Å². The third kappa shape index (κ3) is 3.76. The molecule has 0 aliphatic carbocycles. The first kappa shape index (κ1) is 16.5. The lowest BCUT2D eigenvalue weighted by Gasteiger charge is -2.24. The van der Waals surface area contributed by atoms with Crippen molar-refractivity contribution in [3.63, 3.8) is 0 Å². The summed E-state index contributed by atoms with van der Waals surface area (Å²) in [6, 6.07) is 13.3. The summed E-state index contributed by atoms with van der Waals surface area (Å²) in [6.45, 7) is 1.83. The number of carbonyl (C=O) groups excluding carboxylic acids is 2. The highest BCUT2D eigenvalue weighted by Crippen LogP contribution is 2.36. The van der Waals surface area contributed by atoms with Gasteiger partial charge in [-0.05, 0) is 36.8 Å². The number of anilines is 1. The highest BCUT2D eigenvalue weighted by atomic mass is 32.2. The first-order valence-electron chi connectivity index (χ1n) is 7.64. The van der Waals surface area contributed by atoms with Crippen LogP contribution in [0.3, 0.4) is 0 Å². The molecule has 0 spiro atoms. The maximum absolute atomic E-state index is 13.0. The zero-order valence-electron chi connectivity index (χ0n) is 13.1. The van der Waals surface area contributed by atoms with Gasteiger partial charge in [-0.1, -0.05) is 24.3 Å². The van der Waals surface area contributed by atoms with Gasteiger partial charge in [0.2, 0.25) is 11.8 Å². The van der Waals surface area contributed by atoms with E-state index in [4.69, 9.17) is 0 Å². The van der Waals surface area contributed by atoms with Gasteiger partial charge in [0.15, 0.2) is 0 Å². The number of fused-ring (bicyclic) bond motifs is 1. The van der Waals surface area contributed by atoms with E-state index in [1.54, 1.807) is 12.1 Å². The number of halogens is 1. The van der Waals surface area contributed by atoms with Crippen molar-refractivity contribution in [1.29, 1.82) is 0 Å². The number of benzene rings is 2. The summed E-state index contributed by atoms with van der Waals surface area (Å²) in [6.07, 6.45) is 0.0936. The Hall–Kier alpha value is -2.34. The van der Waals surface area contributed by atoms with Gasteiger partial charge in [-0.3, -0.25) is 9.59 Å². The van der Waals surface area contributed by atoms with Gasteiger partial charge >= 0.3 is 0 Å². The van der Waals surface area contributed by atoms with E-state index in [1.165, 1.54) is 23.9 Å². The lowest BCUT2D eigenvalue weighted by Crippen LogP contribution is -2.35. The average Bonchev–Trinajstić information content (AvgIpc) is 2.56. The van der Waals surface area contributed by atoms with Crippen LogP contribution >= 0.6 is 11.8 Å². The van der Waals surface area contributed by atoms with Crippen molar-refractivity contribution in [3.05, 3.63) is 59.9 Å². The molecule has 2 atom stereocenters. The number of thioether (sulfide) groups is 1. The van der Waals surface area contributed by atoms with Crippen molar-refractivity contribution in [2.45, 2.75) is 29.5 Å². The van der Waals surface area contributed by atoms with Gasteiger partial charge in [-0.2, -0.15) is 0 Å². The normalized spacial score (nSPS) is 17.6. The molecule has 0 unspecified atom stereocenters. The second-order valence-electron chi connectivity index (χ2n) is 5.64. The van der Waals surface area contributed by atoms with Gasteiger partial charge in [0.05, 0.1) is 17.0 Å². The Morgan fingerprint density at radius 2 is 1.96 bits per heavy atom. The molecule has 2 N–H and O–H groups in total. The molecule has 3 rings (SSSR count). The first-order chi connectivity index (χ1) is 11.5. The minimum Gasteiger partial charge on any atom is -0.350 e. The highest BCUT2D eigenvalue weighted by molar-refractivity contribution is 8.01. The Kier molecular flexibility index (Phi) is 4.85. The molecule has 4 nitrogen and oxygen atoms in total. The highest BCUT2D eigenvalue weighted by Gasteiger charge is 2.29. The van der Waals surface area contributed by atoms with Crippen molar-refractivity contribution in [3.8, 4) is 0 Å². The lowest BCUT2D eigenvalue weighted by atomic mass is 10.1. The Morgan fingerprint density at radius 1 is 1.25 bits per heavy atom. The predicted molar refractivity (Wildman–Crippen MR) is 92.3 cm³/mol. The maximum atomic E-state index is 13.0. The number of para-hydroxylation sites is 1. The number of nitrogens with one attached hydrogen (secondary N) is 2. The van der Waals surface area contributed by atoms with Crippen LogP contribution in [0.4, 0.5) is 10.1 Å². The summed E-state index contributed by atoms with van der Waals surface area (Å²) >= 11 is 1.40. The van der Waals surface area contributed by atoms with Crippen LogP contribution in [0.1, 0.15) is 24.9 Å². The van der Waals surface area contributed by atoms with Crippen molar-refractivity contribution in [2.75, 3.05) is 5.32 Å². The van der Waals surface area contributed by atoms with Crippen LogP contribution in [0.15, 0.2) is 53.4 Å². The molecule has 0 aromatic heterocycles. The molecule has 2 amide bonds. The third-order valence-electron chi connectivity index (χ3n) is 3.82. The summed E-state index contributed by atoms with van der Waals surface area (Å²) in [5.41, 5.74) is 1.60. The van der Waals surface area contributed by atoms with E-state index >= 15 is 0 Å².